The molecule has 2 aromatic rings. The minimum atomic E-state index is -1.10. The van der Waals surface area contributed by atoms with Crippen LogP contribution in [0.5, 0.6) is 5.75 Å². The highest BCUT2D eigenvalue weighted by Gasteiger charge is 2.34. The van der Waals surface area contributed by atoms with Gasteiger partial charge in [-0.15, -0.1) is 0 Å². The molecule has 1 aliphatic rings. The third kappa shape index (κ3) is 4.69. The second-order valence-corrected chi connectivity index (χ2v) is 8.91. The lowest BCUT2D eigenvalue weighted by Gasteiger charge is -2.16. The average Bonchev–Trinajstić information content (AvgIpc) is 2.88. The minimum absolute atomic E-state index is 0.304. The van der Waals surface area contributed by atoms with Crippen LogP contribution in [0.25, 0.3) is 6.08 Å². The van der Waals surface area contributed by atoms with Crippen LogP contribution in [-0.2, 0) is 9.59 Å². The molecule has 0 atom stereocenters. The van der Waals surface area contributed by atoms with E-state index in [1.165, 1.54) is 11.0 Å². The molecule has 1 N–H and O–H groups in total. The zero-order valence-electron chi connectivity index (χ0n) is 13.8. The number of aliphatic carboxylic acids is 1. The Kier molecular flexibility index (Phi) is 6.67. The van der Waals surface area contributed by atoms with Crippen LogP contribution in [0.4, 0.5) is 5.69 Å². The summed E-state index contributed by atoms with van der Waals surface area (Å²) in [6.45, 7) is -0.496. The van der Waals surface area contributed by atoms with Gasteiger partial charge in [0.15, 0.2) is 10.9 Å². The zero-order valence-corrected chi connectivity index (χ0v) is 18.5. The third-order valence-corrected chi connectivity index (χ3v) is 5.89. The largest absolute Gasteiger partial charge is 0.481 e. The summed E-state index contributed by atoms with van der Waals surface area (Å²) >= 11 is 22.0. The molecular weight excluding hydrogens is 509 g/mol. The predicted octanol–water partition coefficient (Wildman–Crippen LogP) is 5.63. The first kappa shape index (κ1) is 21.1. The summed E-state index contributed by atoms with van der Waals surface area (Å²) in [5.41, 5.74) is 0.979. The number of rotatable bonds is 5. The monoisotopic (exact) mass is 517 g/mol. The molecule has 1 fully saturated rings. The molecule has 28 heavy (non-hydrogen) atoms. The van der Waals surface area contributed by atoms with E-state index < -0.39 is 12.6 Å². The Hall–Kier alpha value is -1.58. The summed E-state index contributed by atoms with van der Waals surface area (Å²) in [4.78, 5) is 25.4. The van der Waals surface area contributed by atoms with Crippen molar-refractivity contribution < 1.29 is 19.4 Å². The SMILES string of the molecule is O=C(O)COc1ccc(Br)cc1/C=C1\SC(=S)N(c2ccc(Cl)cc2Cl)C1=O. The smallest absolute Gasteiger partial charge is 0.341 e. The van der Waals surface area contributed by atoms with Crippen LogP contribution < -0.4 is 9.64 Å². The van der Waals surface area contributed by atoms with Crippen LogP contribution in [0.3, 0.4) is 0 Å². The average molecular weight is 519 g/mol. The molecule has 10 heteroatoms. The molecule has 2 aromatic carbocycles. The van der Waals surface area contributed by atoms with Crippen LogP contribution in [0.1, 0.15) is 5.56 Å². The number of anilines is 1. The van der Waals surface area contributed by atoms with Crippen molar-refractivity contribution in [3.05, 3.63) is 61.4 Å². The second kappa shape index (κ2) is 8.84. The Morgan fingerprint density at radius 3 is 2.71 bits per heavy atom. The highest BCUT2D eigenvalue weighted by Crippen LogP contribution is 2.40. The lowest BCUT2D eigenvalue weighted by Crippen LogP contribution is -2.27. The van der Waals surface area contributed by atoms with Crippen LogP contribution in [0.15, 0.2) is 45.8 Å². The maximum Gasteiger partial charge on any atom is 0.341 e. The van der Waals surface area contributed by atoms with Gasteiger partial charge in [-0.25, -0.2) is 4.79 Å². The van der Waals surface area contributed by atoms with E-state index in [4.69, 9.17) is 45.3 Å². The Bertz CT molecular complexity index is 1030. The van der Waals surface area contributed by atoms with Crippen LogP contribution in [-0.4, -0.2) is 27.9 Å². The van der Waals surface area contributed by atoms with Gasteiger partial charge in [-0.05, 0) is 42.5 Å². The number of thioether (sulfide) groups is 1. The van der Waals surface area contributed by atoms with Gasteiger partial charge < -0.3 is 9.84 Å². The molecular formula is C18H10BrCl2NO4S2. The van der Waals surface area contributed by atoms with Crippen molar-refractivity contribution in [1.82, 2.24) is 0 Å². The molecule has 0 unspecified atom stereocenters. The van der Waals surface area contributed by atoms with Crippen molar-refractivity contribution in [3.63, 3.8) is 0 Å². The fraction of sp³-hybridized carbons (Fsp3) is 0.0556. The number of hydrogen-bond acceptors (Lipinski definition) is 5. The van der Waals surface area contributed by atoms with Crippen molar-refractivity contribution in [2.45, 2.75) is 0 Å². The van der Waals surface area contributed by atoms with E-state index in [9.17, 15) is 9.59 Å². The number of ether oxygens (including phenoxy) is 1. The number of carboxylic acid groups (broad SMARTS) is 1. The number of benzene rings is 2. The van der Waals surface area contributed by atoms with Crippen molar-refractivity contribution in [1.29, 1.82) is 0 Å². The van der Waals surface area contributed by atoms with Crippen molar-refractivity contribution in [2.24, 2.45) is 0 Å². The molecule has 1 heterocycles. The number of hydrogen-bond donors (Lipinski definition) is 1. The topological polar surface area (TPSA) is 66.8 Å². The highest BCUT2D eigenvalue weighted by molar-refractivity contribution is 9.10. The summed E-state index contributed by atoms with van der Waals surface area (Å²) in [7, 11) is 0. The summed E-state index contributed by atoms with van der Waals surface area (Å²) < 4.78 is 6.37. The van der Waals surface area contributed by atoms with Gasteiger partial charge in [0, 0.05) is 15.1 Å². The Morgan fingerprint density at radius 2 is 2.04 bits per heavy atom. The van der Waals surface area contributed by atoms with Gasteiger partial charge in [0.1, 0.15) is 5.75 Å². The number of amides is 1. The number of carbonyl (C=O) groups excluding carboxylic acids is 1. The molecule has 5 nitrogen and oxygen atoms in total. The molecule has 0 bridgehead atoms. The van der Waals surface area contributed by atoms with Crippen LogP contribution in [0, 0.1) is 0 Å². The summed E-state index contributed by atoms with van der Waals surface area (Å²) in [6.07, 6.45) is 1.60. The van der Waals surface area contributed by atoms with Gasteiger partial charge in [-0.2, -0.15) is 0 Å². The lowest BCUT2D eigenvalue weighted by atomic mass is 10.2. The van der Waals surface area contributed by atoms with Gasteiger partial charge in [-0.1, -0.05) is 63.1 Å². The van der Waals surface area contributed by atoms with Crippen molar-refractivity contribution in [3.8, 4) is 5.75 Å². The number of carbonyl (C=O) groups is 2. The quantitative estimate of drug-likeness (QED) is 0.409. The Labute approximate surface area is 188 Å². The normalized spacial score (nSPS) is 15.4. The summed E-state index contributed by atoms with van der Waals surface area (Å²) in [5, 5.41) is 9.59. The van der Waals surface area contributed by atoms with Gasteiger partial charge in [0.2, 0.25) is 0 Å². The van der Waals surface area contributed by atoms with Crippen LogP contribution >= 0.6 is 63.1 Å². The maximum absolute atomic E-state index is 12.9. The highest BCUT2D eigenvalue weighted by atomic mass is 79.9. The molecule has 0 aromatic heterocycles. The molecule has 144 valence electrons. The van der Waals surface area contributed by atoms with E-state index in [1.807, 2.05) is 0 Å². The molecule has 1 saturated heterocycles. The van der Waals surface area contributed by atoms with Gasteiger partial charge in [0.25, 0.3) is 5.91 Å². The predicted molar refractivity (Wildman–Crippen MR) is 119 cm³/mol. The molecule has 1 aliphatic heterocycles. The summed E-state index contributed by atoms with van der Waals surface area (Å²) in [5.74, 6) is -1.11. The number of carboxylic acids is 1. The van der Waals surface area contributed by atoms with Crippen molar-refractivity contribution >= 4 is 91.1 Å². The molecule has 1 amide bonds. The van der Waals surface area contributed by atoms with Crippen LogP contribution in [0.2, 0.25) is 10.0 Å². The van der Waals surface area contributed by atoms with E-state index in [1.54, 1.807) is 36.4 Å². The standard InChI is InChI=1S/C18H10BrCl2NO4S2/c19-10-1-4-14(26-8-16(23)24)9(5-10)6-15-17(25)22(18(27)28-15)13-3-2-11(20)7-12(13)21/h1-7H,8H2,(H,23,24)/b15-6-. The fourth-order valence-electron chi connectivity index (χ4n) is 2.38. The zero-order chi connectivity index (χ0) is 20.4. The lowest BCUT2D eigenvalue weighted by molar-refractivity contribution is -0.139. The van der Waals surface area contributed by atoms with E-state index in [2.05, 4.69) is 15.9 Å². The molecule has 0 spiro atoms. The van der Waals surface area contributed by atoms with Gasteiger partial charge >= 0.3 is 5.97 Å². The van der Waals surface area contributed by atoms with Gasteiger partial charge in [0.05, 0.1) is 15.6 Å². The third-order valence-electron chi connectivity index (χ3n) is 3.55. The van der Waals surface area contributed by atoms with E-state index >= 15 is 0 Å². The number of halogens is 3. The first-order valence-electron chi connectivity index (χ1n) is 7.63. The molecule has 0 aliphatic carbocycles. The number of thiocarbonyl (C=S) groups is 1. The van der Waals surface area contributed by atoms with Gasteiger partial charge in [-0.3, -0.25) is 9.69 Å². The minimum Gasteiger partial charge on any atom is -0.481 e. The fourth-order valence-corrected chi connectivity index (χ4v) is 4.53. The number of nitrogens with zero attached hydrogens (tertiary/aromatic N) is 1. The van der Waals surface area contributed by atoms with Crippen molar-refractivity contribution in [2.75, 3.05) is 11.5 Å². The maximum atomic E-state index is 12.9. The van der Waals surface area contributed by atoms with E-state index in [0.717, 1.165) is 16.2 Å². The van der Waals surface area contributed by atoms with E-state index in [0.29, 0.717) is 36.3 Å². The first-order chi connectivity index (χ1) is 13.3. The Morgan fingerprint density at radius 1 is 1.29 bits per heavy atom. The molecule has 3 rings (SSSR count). The molecule has 0 saturated carbocycles. The second-order valence-electron chi connectivity index (χ2n) is 5.48. The Balaban J connectivity index is 1.96. The summed E-state index contributed by atoms with van der Waals surface area (Å²) in [6, 6.07) is 9.84. The first-order valence-corrected chi connectivity index (χ1v) is 10.4. The van der Waals surface area contributed by atoms with E-state index in [-0.39, 0.29) is 5.91 Å². The molecule has 0 radical (unpaired) electrons.